The van der Waals surface area contributed by atoms with Gasteiger partial charge in [0.05, 0.1) is 5.00 Å². The number of amides is 1. The largest absolute Gasteiger partial charge is 0.444 e. The molecule has 2 rings (SSSR count). The van der Waals surface area contributed by atoms with Crippen molar-refractivity contribution in [3.63, 3.8) is 0 Å². The first kappa shape index (κ1) is 14.8. The van der Waals surface area contributed by atoms with Crippen LogP contribution in [0.5, 0.6) is 0 Å². The monoisotopic (exact) mass is 288 g/mol. The number of pyridine rings is 1. The molecule has 0 aliphatic carbocycles. The first-order valence-electron chi connectivity index (χ1n) is 6.33. The van der Waals surface area contributed by atoms with Crippen molar-refractivity contribution >= 4 is 46.0 Å². The number of rotatable bonds is 1. The Hall–Kier alpha value is -1.56. The van der Waals surface area contributed by atoms with E-state index in [0.717, 1.165) is 21.5 Å². The minimum Gasteiger partial charge on any atom is -0.444 e. The van der Waals surface area contributed by atoms with Crippen LogP contribution >= 0.6 is 11.3 Å². The molecule has 0 aliphatic heterocycles. The van der Waals surface area contributed by atoms with Gasteiger partial charge in [0.1, 0.15) is 18.3 Å². The number of fused-ring (bicyclic) bond motifs is 1. The lowest BCUT2D eigenvalue weighted by Gasteiger charge is -2.19. The molecule has 1 N–H and O–H groups in total. The summed E-state index contributed by atoms with van der Waals surface area (Å²) in [5, 5.41) is 4.13. The highest BCUT2D eigenvalue weighted by atomic mass is 32.1. The Balaban J connectivity index is 2.32. The van der Waals surface area contributed by atoms with E-state index < -0.39 is 11.7 Å². The molecule has 0 aliphatic rings. The Bertz CT molecular complexity index is 674. The average molecular weight is 288 g/mol. The Morgan fingerprint density at radius 1 is 1.40 bits per heavy atom. The number of carbonyl (C=O) groups excluding carboxylic acids is 1. The predicted molar refractivity (Wildman–Crippen MR) is 84.3 cm³/mol. The summed E-state index contributed by atoms with van der Waals surface area (Å²) < 4.78 is 5.22. The van der Waals surface area contributed by atoms with Crippen LogP contribution in [0.2, 0.25) is 0 Å². The molecular weight excluding hydrogens is 271 g/mol. The van der Waals surface area contributed by atoms with Gasteiger partial charge in [-0.2, -0.15) is 0 Å². The van der Waals surface area contributed by atoms with Gasteiger partial charge in [-0.1, -0.05) is 16.8 Å². The SMILES string of the molecule is [B]c1c(NC(=O)OC(C)(C)C)sc2nc(C)c(C)cc12. The molecule has 20 heavy (non-hydrogen) atoms. The number of carbonyl (C=O) groups is 1. The van der Waals surface area contributed by atoms with Crippen LogP contribution in [0.25, 0.3) is 10.2 Å². The molecule has 2 heterocycles. The lowest BCUT2D eigenvalue weighted by Crippen LogP contribution is -2.28. The number of thiophene rings is 1. The van der Waals surface area contributed by atoms with Gasteiger partial charge in [0.15, 0.2) is 0 Å². The zero-order valence-corrected chi connectivity index (χ0v) is 13.1. The lowest BCUT2D eigenvalue weighted by atomic mass is 9.94. The van der Waals surface area contributed by atoms with Crippen molar-refractivity contribution in [2.45, 2.75) is 40.2 Å². The predicted octanol–water partition coefficient (Wildman–Crippen LogP) is 3.05. The van der Waals surface area contributed by atoms with Gasteiger partial charge in [-0.3, -0.25) is 5.32 Å². The molecule has 0 atom stereocenters. The summed E-state index contributed by atoms with van der Waals surface area (Å²) >= 11 is 1.35. The highest BCUT2D eigenvalue weighted by molar-refractivity contribution is 7.24. The lowest BCUT2D eigenvalue weighted by molar-refractivity contribution is 0.0636. The van der Waals surface area contributed by atoms with Crippen LogP contribution in [-0.4, -0.2) is 24.5 Å². The number of anilines is 1. The van der Waals surface area contributed by atoms with Crippen molar-refractivity contribution in [1.82, 2.24) is 4.98 Å². The van der Waals surface area contributed by atoms with E-state index in [-0.39, 0.29) is 0 Å². The molecule has 0 saturated heterocycles. The van der Waals surface area contributed by atoms with Crippen molar-refractivity contribution in [3.8, 4) is 0 Å². The molecule has 0 fully saturated rings. The zero-order chi connectivity index (χ0) is 15.1. The van der Waals surface area contributed by atoms with E-state index in [2.05, 4.69) is 10.3 Å². The summed E-state index contributed by atoms with van der Waals surface area (Å²) in [6.45, 7) is 9.38. The molecule has 0 bridgehead atoms. The second kappa shape index (κ2) is 5.09. The normalized spacial score (nSPS) is 11.7. The van der Waals surface area contributed by atoms with Crippen LogP contribution in [0.1, 0.15) is 32.0 Å². The molecule has 104 valence electrons. The fourth-order valence-corrected chi connectivity index (χ4v) is 2.73. The molecule has 4 nitrogen and oxygen atoms in total. The van der Waals surface area contributed by atoms with Gasteiger partial charge < -0.3 is 4.74 Å². The molecule has 1 amide bonds. The summed E-state index contributed by atoms with van der Waals surface area (Å²) in [5.41, 5.74) is 2.03. The third kappa shape index (κ3) is 3.12. The second-order valence-corrected chi connectivity index (χ2v) is 6.71. The number of hydrogen-bond donors (Lipinski definition) is 1. The molecule has 0 spiro atoms. The molecule has 2 radical (unpaired) electrons. The van der Waals surface area contributed by atoms with Crippen molar-refractivity contribution in [2.24, 2.45) is 0 Å². The van der Waals surface area contributed by atoms with Gasteiger partial charge >= 0.3 is 6.09 Å². The van der Waals surface area contributed by atoms with Crippen LogP contribution in [0.15, 0.2) is 6.07 Å². The first-order valence-corrected chi connectivity index (χ1v) is 7.15. The van der Waals surface area contributed by atoms with E-state index in [1.165, 1.54) is 11.3 Å². The second-order valence-electron chi connectivity index (χ2n) is 5.72. The number of nitrogens with zero attached hydrogens (tertiary/aromatic N) is 1. The molecule has 0 saturated carbocycles. The third-order valence-electron chi connectivity index (χ3n) is 2.78. The Labute approximate surface area is 124 Å². The smallest absolute Gasteiger partial charge is 0.412 e. The topological polar surface area (TPSA) is 51.2 Å². The van der Waals surface area contributed by atoms with E-state index in [4.69, 9.17) is 12.6 Å². The van der Waals surface area contributed by atoms with Crippen molar-refractivity contribution < 1.29 is 9.53 Å². The fourth-order valence-electron chi connectivity index (χ4n) is 1.72. The van der Waals surface area contributed by atoms with E-state index in [1.807, 2.05) is 40.7 Å². The highest BCUT2D eigenvalue weighted by Gasteiger charge is 2.18. The minimum atomic E-state index is -0.541. The van der Waals surface area contributed by atoms with Crippen LogP contribution < -0.4 is 10.8 Å². The number of aryl methyl sites for hydroxylation is 2. The maximum atomic E-state index is 11.8. The molecule has 2 aromatic heterocycles. The molecule has 6 heteroatoms. The van der Waals surface area contributed by atoms with Crippen molar-refractivity contribution in [1.29, 1.82) is 0 Å². The third-order valence-corrected chi connectivity index (χ3v) is 3.81. The summed E-state index contributed by atoms with van der Waals surface area (Å²) in [4.78, 5) is 17.1. The van der Waals surface area contributed by atoms with Gasteiger partial charge in [0.25, 0.3) is 0 Å². The summed E-state index contributed by atoms with van der Waals surface area (Å²) in [5.74, 6) is 0. The highest BCUT2D eigenvalue weighted by Crippen LogP contribution is 2.27. The summed E-state index contributed by atoms with van der Waals surface area (Å²) in [6, 6.07) is 1.99. The Morgan fingerprint density at radius 3 is 2.65 bits per heavy atom. The van der Waals surface area contributed by atoms with Crippen molar-refractivity contribution in [3.05, 3.63) is 17.3 Å². The summed E-state index contributed by atoms with van der Waals surface area (Å²) in [6.07, 6.45) is -0.510. The van der Waals surface area contributed by atoms with Gasteiger partial charge in [-0.15, -0.1) is 0 Å². The average Bonchev–Trinajstić information content (AvgIpc) is 2.55. The minimum absolute atomic E-state index is 0.510. The van der Waals surface area contributed by atoms with Crippen LogP contribution in [0.4, 0.5) is 9.80 Å². The molecule has 0 aromatic carbocycles. The zero-order valence-electron chi connectivity index (χ0n) is 12.3. The van der Waals surface area contributed by atoms with Crippen molar-refractivity contribution in [2.75, 3.05) is 5.32 Å². The van der Waals surface area contributed by atoms with E-state index in [9.17, 15) is 4.79 Å². The van der Waals surface area contributed by atoms with E-state index in [0.29, 0.717) is 10.5 Å². The standard InChI is InChI=1S/C14H17BN2O2S/c1-7-6-9-10(15)12(20-11(9)16-8(7)2)17-13(18)19-14(3,4)5/h6H,1-5H3,(H,17,18). The number of aromatic nitrogens is 1. The quantitative estimate of drug-likeness (QED) is 0.820. The Morgan fingerprint density at radius 2 is 2.05 bits per heavy atom. The van der Waals surface area contributed by atoms with Crippen LogP contribution in [0, 0.1) is 13.8 Å². The van der Waals surface area contributed by atoms with Gasteiger partial charge in [0.2, 0.25) is 0 Å². The van der Waals surface area contributed by atoms with Crippen LogP contribution in [0.3, 0.4) is 0 Å². The molecule has 0 unspecified atom stereocenters. The van der Waals surface area contributed by atoms with Gasteiger partial charge in [-0.25, -0.2) is 9.78 Å². The number of ether oxygens (including phenoxy) is 1. The first-order chi connectivity index (χ1) is 9.17. The number of hydrogen-bond acceptors (Lipinski definition) is 4. The van der Waals surface area contributed by atoms with E-state index >= 15 is 0 Å². The molecule has 2 aromatic rings. The maximum absolute atomic E-state index is 11.8. The van der Waals surface area contributed by atoms with Gasteiger partial charge in [-0.05, 0) is 46.2 Å². The van der Waals surface area contributed by atoms with Crippen LogP contribution in [-0.2, 0) is 4.74 Å². The fraction of sp³-hybridized carbons (Fsp3) is 0.429. The van der Waals surface area contributed by atoms with E-state index in [1.54, 1.807) is 0 Å². The van der Waals surface area contributed by atoms with Gasteiger partial charge in [0, 0.05) is 11.1 Å². The Kier molecular flexibility index (Phi) is 3.78. The summed E-state index contributed by atoms with van der Waals surface area (Å²) in [7, 11) is 6.07. The maximum Gasteiger partial charge on any atom is 0.412 e. The number of nitrogens with one attached hydrogen (secondary N) is 1. The molecular formula is C14H17BN2O2S.